The zero-order valence-corrected chi connectivity index (χ0v) is 16.1. The van der Waals surface area contributed by atoms with Crippen LogP contribution in [0.2, 0.25) is 0 Å². The summed E-state index contributed by atoms with van der Waals surface area (Å²) in [5.41, 5.74) is -0.623. The van der Waals surface area contributed by atoms with Crippen molar-refractivity contribution in [1.82, 2.24) is 10.6 Å². The van der Waals surface area contributed by atoms with Crippen LogP contribution in [-0.4, -0.2) is 42.3 Å². The van der Waals surface area contributed by atoms with Gasteiger partial charge in [0.05, 0.1) is 6.54 Å². The molecule has 0 unspecified atom stereocenters. The maximum absolute atomic E-state index is 12.2. The summed E-state index contributed by atoms with van der Waals surface area (Å²) in [6.07, 6.45) is 6.26. The van der Waals surface area contributed by atoms with E-state index in [0.717, 1.165) is 12.8 Å². The zero-order chi connectivity index (χ0) is 19.2. The van der Waals surface area contributed by atoms with Gasteiger partial charge in [-0.05, 0) is 52.4 Å². The standard InChI is InChI=1S/C19H32N2O5/c1-19(2,3)26-18(24)21-15-10-9-14(12-20-17(15)23)25-16(22)11-13-7-5-4-6-8-13/h13-15H,4-12H2,1-3H3,(H,20,23)(H,21,24)/t14-,15+/m1/s1. The van der Waals surface area contributed by atoms with Gasteiger partial charge in [0.15, 0.2) is 0 Å². The van der Waals surface area contributed by atoms with E-state index in [9.17, 15) is 14.4 Å². The van der Waals surface area contributed by atoms with Crippen molar-refractivity contribution in [2.45, 2.75) is 89.9 Å². The molecule has 0 bridgehead atoms. The van der Waals surface area contributed by atoms with Gasteiger partial charge in [-0.3, -0.25) is 9.59 Å². The molecule has 0 spiro atoms. The lowest BCUT2D eigenvalue weighted by Gasteiger charge is -2.22. The topological polar surface area (TPSA) is 93.7 Å². The first-order valence-corrected chi connectivity index (χ1v) is 9.69. The van der Waals surface area contributed by atoms with E-state index in [0.29, 0.717) is 25.2 Å². The van der Waals surface area contributed by atoms with Gasteiger partial charge in [0.25, 0.3) is 0 Å². The number of hydrogen-bond acceptors (Lipinski definition) is 5. The van der Waals surface area contributed by atoms with Gasteiger partial charge in [0, 0.05) is 6.42 Å². The van der Waals surface area contributed by atoms with Crippen LogP contribution in [-0.2, 0) is 19.1 Å². The van der Waals surface area contributed by atoms with Gasteiger partial charge in [0.1, 0.15) is 17.7 Å². The summed E-state index contributed by atoms with van der Waals surface area (Å²) >= 11 is 0. The Morgan fingerprint density at radius 3 is 2.46 bits per heavy atom. The number of ether oxygens (including phenoxy) is 2. The Balaban J connectivity index is 1.77. The molecule has 2 fully saturated rings. The Hall–Kier alpha value is -1.79. The van der Waals surface area contributed by atoms with Gasteiger partial charge in [-0.25, -0.2) is 4.79 Å². The van der Waals surface area contributed by atoms with Crippen molar-refractivity contribution in [3.8, 4) is 0 Å². The molecule has 2 N–H and O–H groups in total. The molecule has 1 aliphatic heterocycles. The Labute approximate surface area is 155 Å². The zero-order valence-electron chi connectivity index (χ0n) is 16.1. The first-order chi connectivity index (χ1) is 12.2. The van der Waals surface area contributed by atoms with E-state index >= 15 is 0 Å². The number of esters is 1. The molecule has 7 nitrogen and oxygen atoms in total. The summed E-state index contributed by atoms with van der Waals surface area (Å²) in [4.78, 5) is 36.2. The third kappa shape index (κ3) is 7.22. The molecule has 2 aliphatic rings. The van der Waals surface area contributed by atoms with E-state index in [1.165, 1.54) is 19.3 Å². The van der Waals surface area contributed by atoms with E-state index in [1.807, 2.05) is 0 Å². The molecule has 2 amide bonds. The monoisotopic (exact) mass is 368 g/mol. The number of nitrogens with one attached hydrogen (secondary N) is 2. The van der Waals surface area contributed by atoms with E-state index in [-0.39, 0.29) is 24.5 Å². The highest BCUT2D eigenvalue weighted by molar-refractivity contribution is 5.86. The third-order valence-electron chi connectivity index (χ3n) is 4.77. The molecule has 0 aromatic heterocycles. The molecule has 2 atom stereocenters. The summed E-state index contributed by atoms with van der Waals surface area (Å²) in [7, 11) is 0. The minimum Gasteiger partial charge on any atom is -0.460 e. The van der Waals surface area contributed by atoms with Crippen LogP contribution < -0.4 is 10.6 Å². The van der Waals surface area contributed by atoms with Crippen LogP contribution in [0.25, 0.3) is 0 Å². The maximum atomic E-state index is 12.2. The Morgan fingerprint density at radius 1 is 1.12 bits per heavy atom. The number of alkyl carbamates (subject to hydrolysis) is 1. The molecule has 1 saturated carbocycles. The fraction of sp³-hybridized carbons (Fsp3) is 0.842. The number of rotatable bonds is 4. The smallest absolute Gasteiger partial charge is 0.408 e. The van der Waals surface area contributed by atoms with Crippen LogP contribution in [0, 0.1) is 5.92 Å². The van der Waals surface area contributed by atoms with E-state index in [2.05, 4.69) is 10.6 Å². The summed E-state index contributed by atoms with van der Waals surface area (Å²) in [6, 6.07) is -0.674. The predicted molar refractivity (Wildman–Crippen MR) is 96.5 cm³/mol. The van der Waals surface area contributed by atoms with Gasteiger partial charge >= 0.3 is 12.1 Å². The van der Waals surface area contributed by atoms with Crippen molar-refractivity contribution in [2.24, 2.45) is 5.92 Å². The third-order valence-corrected chi connectivity index (χ3v) is 4.77. The molecule has 2 rings (SSSR count). The molecule has 1 heterocycles. The van der Waals surface area contributed by atoms with Gasteiger partial charge in [-0.1, -0.05) is 19.3 Å². The van der Waals surface area contributed by atoms with Crippen molar-refractivity contribution < 1.29 is 23.9 Å². The SMILES string of the molecule is CC(C)(C)OC(=O)N[C@H]1CC[C@@H](OC(=O)CC2CCCCC2)CNC1=O. The first kappa shape index (κ1) is 20.5. The molecule has 1 aliphatic carbocycles. The summed E-state index contributed by atoms with van der Waals surface area (Å²) in [5, 5.41) is 5.33. The van der Waals surface area contributed by atoms with E-state index < -0.39 is 17.7 Å². The second-order valence-corrected chi connectivity index (χ2v) is 8.34. The van der Waals surface area contributed by atoms with Crippen molar-refractivity contribution in [2.75, 3.05) is 6.54 Å². The minimum atomic E-state index is -0.674. The highest BCUT2D eigenvalue weighted by atomic mass is 16.6. The summed E-state index contributed by atoms with van der Waals surface area (Å²) in [6.45, 7) is 5.58. The van der Waals surface area contributed by atoms with E-state index in [1.54, 1.807) is 20.8 Å². The normalized spacial score (nSPS) is 25.0. The van der Waals surface area contributed by atoms with Crippen LogP contribution in [0.1, 0.15) is 72.1 Å². The van der Waals surface area contributed by atoms with E-state index in [4.69, 9.17) is 9.47 Å². The molecular weight excluding hydrogens is 336 g/mol. The molecule has 148 valence electrons. The average Bonchev–Trinajstić information content (AvgIpc) is 2.70. The maximum Gasteiger partial charge on any atom is 0.408 e. The molecule has 7 heteroatoms. The molecule has 0 aromatic rings. The van der Waals surface area contributed by atoms with Gasteiger partial charge in [0.2, 0.25) is 5.91 Å². The number of amides is 2. The van der Waals surface area contributed by atoms with Crippen LogP contribution >= 0.6 is 0 Å². The van der Waals surface area contributed by atoms with Gasteiger partial charge in [-0.2, -0.15) is 0 Å². The predicted octanol–water partition coefficient (Wildman–Crippen LogP) is 2.67. The average molecular weight is 368 g/mol. The van der Waals surface area contributed by atoms with Gasteiger partial charge < -0.3 is 20.1 Å². The van der Waals surface area contributed by atoms with Crippen molar-refractivity contribution >= 4 is 18.0 Å². The Kier molecular flexibility index (Phi) is 7.29. The lowest BCUT2D eigenvalue weighted by atomic mass is 9.87. The Bertz CT molecular complexity index is 509. The number of hydrogen-bond donors (Lipinski definition) is 2. The Morgan fingerprint density at radius 2 is 1.81 bits per heavy atom. The first-order valence-electron chi connectivity index (χ1n) is 9.69. The second-order valence-electron chi connectivity index (χ2n) is 8.34. The fourth-order valence-corrected chi connectivity index (χ4v) is 3.47. The highest BCUT2D eigenvalue weighted by Gasteiger charge is 2.30. The van der Waals surface area contributed by atoms with Crippen molar-refractivity contribution in [3.05, 3.63) is 0 Å². The highest BCUT2D eigenvalue weighted by Crippen LogP contribution is 2.27. The second kappa shape index (κ2) is 9.24. The minimum absolute atomic E-state index is 0.185. The molecular formula is C19H32N2O5. The quantitative estimate of drug-likeness (QED) is 0.744. The van der Waals surface area contributed by atoms with Crippen molar-refractivity contribution in [3.63, 3.8) is 0 Å². The largest absolute Gasteiger partial charge is 0.460 e. The molecule has 26 heavy (non-hydrogen) atoms. The lowest BCUT2D eigenvalue weighted by molar-refractivity contribution is -0.150. The molecule has 0 radical (unpaired) electrons. The molecule has 0 aromatic carbocycles. The van der Waals surface area contributed by atoms with Crippen LogP contribution in [0.4, 0.5) is 4.79 Å². The number of carbonyl (C=O) groups excluding carboxylic acids is 3. The van der Waals surface area contributed by atoms with Crippen LogP contribution in [0.3, 0.4) is 0 Å². The van der Waals surface area contributed by atoms with Gasteiger partial charge in [-0.15, -0.1) is 0 Å². The fourth-order valence-electron chi connectivity index (χ4n) is 3.47. The van der Waals surface area contributed by atoms with Crippen molar-refractivity contribution in [1.29, 1.82) is 0 Å². The number of carbonyl (C=O) groups is 3. The van der Waals surface area contributed by atoms with Crippen LogP contribution in [0.15, 0.2) is 0 Å². The lowest BCUT2D eigenvalue weighted by Crippen LogP contribution is -2.47. The summed E-state index contributed by atoms with van der Waals surface area (Å²) in [5.74, 6) is -0.0328. The molecule has 1 saturated heterocycles. The van der Waals surface area contributed by atoms with Crippen LogP contribution in [0.5, 0.6) is 0 Å². The summed E-state index contributed by atoms with van der Waals surface area (Å²) < 4.78 is 10.7.